The number of carbonyl (C=O) groups is 6. The van der Waals surface area contributed by atoms with Crippen LogP contribution in [0.2, 0.25) is 0 Å². The van der Waals surface area contributed by atoms with E-state index >= 15 is 0 Å². The van der Waals surface area contributed by atoms with Crippen molar-refractivity contribution in [3.05, 3.63) is 42.4 Å². The highest BCUT2D eigenvalue weighted by Crippen LogP contribution is 2.32. The minimum atomic E-state index is -4.87. The molecule has 0 aromatic carbocycles. The van der Waals surface area contributed by atoms with Crippen LogP contribution in [0.5, 0.6) is 5.88 Å². The van der Waals surface area contributed by atoms with Crippen LogP contribution in [0.15, 0.2) is 30.9 Å². The number of carbonyl (C=O) groups excluding carboxylic acids is 6. The van der Waals surface area contributed by atoms with Gasteiger partial charge in [0.1, 0.15) is 29.9 Å². The largest absolute Gasteiger partial charge is 0.472 e. The molecule has 2 aromatic rings. The van der Waals surface area contributed by atoms with Gasteiger partial charge in [-0.05, 0) is 43.4 Å². The van der Waals surface area contributed by atoms with Gasteiger partial charge in [0.05, 0.1) is 18.8 Å². The number of ketones is 1. The van der Waals surface area contributed by atoms with E-state index in [0.29, 0.717) is 19.3 Å². The van der Waals surface area contributed by atoms with Crippen LogP contribution in [-0.4, -0.2) is 103 Å². The van der Waals surface area contributed by atoms with E-state index in [-0.39, 0.29) is 37.0 Å². The van der Waals surface area contributed by atoms with Crippen molar-refractivity contribution in [2.45, 2.75) is 134 Å². The fourth-order valence-corrected chi connectivity index (χ4v) is 7.10. The summed E-state index contributed by atoms with van der Waals surface area (Å²) in [6.45, 7) is 6.57. The number of nitrogens with zero attached hydrogens (tertiary/aromatic N) is 5. The summed E-state index contributed by atoms with van der Waals surface area (Å²) in [5, 5.41) is 10.9. The molecule has 3 aliphatic rings. The lowest BCUT2D eigenvalue weighted by Gasteiger charge is -2.37. The first-order valence-electron chi connectivity index (χ1n) is 19.4. The van der Waals surface area contributed by atoms with Crippen LogP contribution in [0, 0.1) is 11.3 Å². The molecule has 3 fully saturated rings. The Morgan fingerprint density at radius 2 is 1.65 bits per heavy atom. The van der Waals surface area contributed by atoms with Gasteiger partial charge in [0.15, 0.2) is 0 Å². The number of aromatic nitrogens is 4. The van der Waals surface area contributed by atoms with E-state index in [4.69, 9.17) is 4.74 Å². The van der Waals surface area contributed by atoms with Gasteiger partial charge in [0.25, 0.3) is 11.8 Å². The van der Waals surface area contributed by atoms with Crippen LogP contribution in [0.25, 0.3) is 0 Å². The first-order chi connectivity index (χ1) is 27.0. The Hall–Kier alpha value is -5.23. The molecule has 2 aromatic heterocycles. The molecule has 4 N–H and O–H groups in total. The molecule has 5 rings (SSSR count). The zero-order valence-corrected chi connectivity index (χ0v) is 32.4. The smallest absolute Gasteiger partial charge is 0.451 e. The van der Waals surface area contributed by atoms with Gasteiger partial charge >= 0.3 is 6.18 Å². The minimum Gasteiger partial charge on any atom is -0.472 e. The average molecular weight is 802 g/mol. The number of Topliss-reactive ketones (excluding diaryl/α,β-unsaturated/α-hetero) is 1. The normalized spacial score (nSPS) is 20.4. The number of hydrogen-bond donors (Lipinski definition) is 4. The lowest BCUT2D eigenvalue weighted by atomic mass is 9.82. The Bertz CT molecular complexity index is 1780. The van der Waals surface area contributed by atoms with Crippen LogP contribution in [0.4, 0.5) is 13.2 Å². The van der Waals surface area contributed by atoms with Crippen molar-refractivity contribution in [1.82, 2.24) is 46.1 Å². The zero-order chi connectivity index (χ0) is 41.5. The van der Waals surface area contributed by atoms with E-state index in [1.54, 1.807) is 27.7 Å². The third kappa shape index (κ3) is 11.4. The van der Waals surface area contributed by atoms with E-state index in [0.717, 1.165) is 49.3 Å². The van der Waals surface area contributed by atoms with Crippen LogP contribution >= 0.6 is 0 Å². The van der Waals surface area contributed by atoms with Crippen molar-refractivity contribution in [2.75, 3.05) is 6.54 Å². The molecule has 1 aliphatic heterocycles. The monoisotopic (exact) mass is 801 g/mol. The van der Waals surface area contributed by atoms with Gasteiger partial charge in [0.2, 0.25) is 35.2 Å². The average Bonchev–Trinajstić information content (AvgIpc) is 3.90. The Balaban J connectivity index is 1.42. The minimum absolute atomic E-state index is 0.00226. The summed E-state index contributed by atoms with van der Waals surface area (Å²) in [6, 6.07) is -3.88. The van der Waals surface area contributed by atoms with Crippen LogP contribution < -0.4 is 26.0 Å². The SMILES string of the molecule is CCCC(NC(=O)[C@@H]1C[C@@H](Oc2ccnc(C(F)(F)F)n2)CN1C(=O)C(NC(=O)C(NC(=O)c1cnccn1)C1CCCCC1)C(C)(C)C)C(=O)C(=O)NC1CC1. The van der Waals surface area contributed by atoms with Gasteiger partial charge in [-0.15, -0.1) is 0 Å². The highest BCUT2D eigenvalue weighted by Gasteiger charge is 2.48. The topological polar surface area (TPSA) is 215 Å². The van der Waals surface area contributed by atoms with Crippen molar-refractivity contribution >= 4 is 35.3 Å². The number of rotatable bonds is 15. The Labute approximate surface area is 328 Å². The van der Waals surface area contributed by atoms with Gasteiger partial charge in [-0.25, -0.2) is 9.97 Å². The Morgan fingerprint density at radius 1 is 0.930 bits per heavy atom. The molecule has 5 amide bonds. The standard InChI is InChI=1S/C38H50F3N9O7/c1-5-9-24(29(51)34(55)45-22-12-13-22)46-32(53)26-18-23(57-27-14-15-44-36(47-27)38(39,40)41)20-50(26)35(56)30(37(2,3)4)49-33(54)28(21-10-7-6-8-11-21)48-31(52)25-19-42-16-17-43-25/h14-17,19,21-24,26,28,30H,5-13,18,20H2,1-4H3,(H,45,55)(H,46,53)(H,48,52)(H,49,54)/t23-,24?,26+,28?,30?/m1/s1. The van der Waals surface area contributed by atoms with Crippen molar-refractivity contribution in [1.29, 1.82) is 0 Å². The van der Waals surface area contributed by atoms with E-state index in [9.17, 15) is 41.9 Å². The molecule has 16 nitrogen and oxygen atoms in total. The molecule has 57 heavy (non-hydrogen) atoms. The van der Waals surface area contributed by atoms with E-state index in [2.05, 4.69) is 41.2 Å². The summed E-state index contributed by atoms with van der Waals surface area (Å²) in [5.41, 5.74) is -0.975. The maximum absolute atomic E-state index is 14.7. The van der Waals surface area contributed by atoms with E-state index in [1.165, 1.54) is 18.6 Å². The fraction of sp³-hybridized carbons (Fsp3) is 0.632. The van der Waals surface area contributed by atoms with Crippen molar-refractivity contribution in [3.8, 4) is 5.88 Å². The number of hydrogen-bond acceptors (Lipinski definition) is 11. The highest BCUT2D eigenvalue weighted by molar-refractivity contribution is 6.38. The molecule has 0 radical (unpaired) electrons. The number of amides is 5. The Kier molecular flexibility index (Phi) is 13.8. The van der Waals surface area contributed by atoms with Crippen molar-refractivity contribution < 1.29 is 46.7 Å². The summed E-state index contributed by atoms with van der Waals surface area (Å²) in [7, 11) is 0. The molecule has 2 saturated carbocycles. The first-order valence-corrected chi connectivity index (χ1v) is 19.4. The van der Waals surface area contributed by atoms with Crippen LogP contribution in [-0.2, 0) is 30.1 Å². The lowest BCUT2D eigenvalue weighted by molar-refractivity contribution is -0.145. The number of halogens is 3. The summed E-state index contributed by atoms with van der Waals surface area (Å²) in [4.78, 5) is 98.0. The molecule has 3 heterocycles. The van der Waals surface area contributed by atoms with E-state index < -0.39 is 88.9 Å². The molecule has 19 heteroatoms. The lowest BCUT2D eigenvalue weighted by Crippen LogP contribution is -2.62. The maximum Gasteiger partial charge on any atom is 0.451 e. The number of alkyl halides is 3. The quantitative estimate of drug-likeness (QED) is 0.192. The second-order valence-corrected chi connectivity index (χ2v) is 15.9. The fourth-order valence-electron chi connectivity index (χ4n) is 7.10. The first kappa shape index (κ1) is 42.9. The molecule has 1 saturated heterocycles. The third-order valence-corrected chi connectivity index (χ3v) is 10.3. The van der Waals surface area contributed by atoms with Crippen LogP contribution in [0.3, 0.4) is 0 Å². The van der Waals surface area contributed by atoms with Gasteiger partial charge in [-0.1, -0.05) is 53.4 Å². The maximum atomic E-state index is 14.7. The Morgan fingerprint density at radius 3 is 2.26 bits per heavy atom. The number of nitrogens with one attached hydrogen (secondary N) is 4. The second kappa shape index (κ2) is 18.4. The van der Waals surface area contributed by atoms with Gasteiger partial charge < -0.3 is 30.9 Å². The molecular formula is C38H50F3N9O7. The van der Waals surface area contributed by atoms with Crippen molar-refractivity contribution in [2.24, 2.45) is 11.3 Å². The van der Waals surface area contributed by atoms with Gasteiger partial charge in [-0.3, -0.25) is 33.8 Å². The molecular weight excluding hydrogens is 751 g/mol. The molecule has 0 bridgehead atoms. The summed E-state index contributed by atoms with van der Waals surface area (Å²) in [5.74, 6) is -6.59. The summed E-state index contributed by atoms with van der Waals surface area (Å²) >= 11 is 0. The van der Waals surface area contributed by atoms with Crippen molar-refractivity contribution in [3.63, 3.8) is 0 Å². The summed E-state index contributed by atoms with van der Waals surface area (Å²) < 4.78 is 46.1. The second-order valence-electron chi connectivity index (χ2n) is 15.9. The summed E-state index contributed by atoms with van der Waals surface area (Å²) in [6.07, 6.45) is 4.71. The predicted octanol–water partition coefficient (Wildman–Crippen LogP) is 2.68. The third-order valence-electron chi connectivity index (χ3n) is 10.3. The van der Waals surface area contributed by atoms with Gasteiger partial charge in [0, 0.05) is 37.1 Å². The zero-order valence-electron chi connectivity index (χ0n) is 32.4. The van der Waals surface area contributed by atoms with Gasteiger partial charge in [-0.2, -0.15) is 18.2 Å². The molecule has 5 atom stereocenters. The molecule has 0 spiro atoms. The predicted molar refractivity (Wildman–Crippen MR) is 196 cm³/mol. The van der Waals surface area contributed by atoms with Crippen LogP contribution in [0.1, 0.15) is 108 Å². The number of likely N-dealkylation sites (tertiary alicyclic amines) is 1. The number of ether oxygens (including phenoxy) is 1. The molecule has 3 unspecified atom stereocenters. The molecule has 2 aliphatic carbocycles. The van der Waals surface area contributed by atoms with E-state index in [1.807, 2.05) is 0 Å². The molecule has 310 valence electrons. The highest BCUT2D eigenvalue weighted by atomic mass is 19.4.